The van der Waals surface area contributed by atoms with Gasteiger partial charge in [-0.15, -0.1) is 0 Å². The van der Waals surface area contributed by atoms with Crippen LogP contribution >= 0.6 is 0 Å². The quantitative estimate of drug-likeness (QED) is 0.856. The van der Waals surface area contributed by atoms with Gasteiger partial charge >= 0.3 is 0 Å². The van der Waals surface area contributed by atoms with Gasteiger partial charge in [-0.1, -0.05) is 36.4 Å². The summed E-state index contributed by atoms with van der Waals surface area (Å²) in [7, 11) is 0. The van der Waals surface area contributed by atoms with E-state index >= 15 is 0 Å². The van der Waals surface area contributed by atoms with Crippen LogP contribution in [0.25, 0.3) is 0 Å². The molecule has 0 aliphatic carbocycles. The van der Waals surface area contributed by atoms with E-state index in [2.05, 4.69) is 5.32 Å². The summed E-state index contributed by atoms with van der Waals surface area (Å²) in [4.78, 5) is 12.2. The van der Waals surface area contributed by atoms with Crippen LogP contribution in [0.2, 0.25) is 0 Å². The summed E-state index contributed by atoms with van der Waals surface area (Å²) in [6, 6.07) is 14.0. The molecule has 21 heavy (non-hydrogen) atoms. The molecule has 2 aromatic carbocycles. The third kappa shape index (κ3) is 4.13. The lowest BCUT2D eigenvalue weighted by molar-refractivity contribution is 0.0953. The van der Waals surface area contributed by atoms with Crippen LogP contribution in [0.15, 0.2) is 48.5 Å². The smallest absolute Gasteiger partial charge is 0.251 e. The van der Waals surface area contributed by atoms with Crippen LogP contribution in [0.4, 0.5) is 4.39 Å². The fourth-order valence-electron chi connectivity index (χ4n) is 2.22. The SMILES string of the molecule is NCCc1ccccc1C(=O)NCCc1ccccc1F. The maximum Gasteiger partial charge on any atom is 0.251 e. The van der Waals surface area contributed by atoms with Crippen molar-refractivity contribution in [3.05, 3.63) is 71.0 Å². The summed E-state index contributed by atoms with van der Waals surface area (Å²) in [6.45, 7) is 0.899. The molecule has 1 amide bonds. The Morgan fingerprint density at radius 3 is 2.38 bits per heavy atom. The highest BCUT2D eigenvalue weighted by Crippen LogP contribution is 2.10. The maximum atomic E-state index is 13.5. The van der Waals surface area contributed by atoms with Gasteiger partial charge in [0.1, 0.15) is 5.82 Å². The first-order valence-corrected chi connectivity index (χ1v) is 7.02. The van der Waals surface area contributed by atoms with E-state index in [1.165, 1.54) is 6.07 Å². The molecular weight excluding hydrogens is 267 g/mol. The van der Waals surface area contributed by atoms with Gasteiger partial charge in [0.15, 0.2) is 0 Å². The Kier molecular flexibility index (Phi) is 5.46. The molecule has 0 saturated carbocycles. The third-order valence-electron chi connectivity index (χ3n) is 3.31. The highest BCUT2D eigenvalue weighted by Gasteiger charge is 2.10. The number of carbonyl (C=O) groups is 1. The number of rotatable bonds is 6. The molecule has 0 heterocycles. The van der Waals surface area contributed by atoms with Gasteiger partial charge < -0.3 is 11.1 Å². The van der Waals surface area contributed by atoms with Gasteiger partial charge in [-0.05, 0) is 42.6 Å². The lowest BCUT2D eigenvalue weighted by atomic mass is 10.0. The molecule has 2 rings (SSSR count). The number of hydrogen-bond donors (Lipinski definition) is 2. The number of amides is 1. The lowest BCUT2D eigenvalue weighted by Crippen LogP contribution is -2.27. The first-order chi connectivity index (χ1) is 10.2. The molecule has 4 heteroatoms. The summed E-state index contributed by atoms with van der Waals surface area (Å²) in [5, 5.41) is 2.83. The van der Waals surface area contributed by atoms with Crippen LogP contribution in [-0.4, -0.2) is 19.0 Å². The van der Waals surface area contributed by atoms with Crippen LogP contribution < -0.4 is 11.1 Å². The van der Waals surface area contributed by atoms with Crippen molar-refractivity contribution >= 4 is 5.91 Å². The van der Waals surface area contributed by atoms with Crippen LogP contribution in [0.1, 0.15) is 21.5 Å². The Labute approximate surface area is 124 Å². The average molecular weight is 286 g/mol. The van der Waals surface area contributed by atoms with Gasteiger partial charge in [0, 0.05) is 12.1 Å². The minimum Gasteiger partial charge on any atom is -0.352 e. The van der Waals surface area contributed by atoms with Crippen molar-refractivity contribution in [3.8, 4) is 0 Å². The molecule has 3 nitrogen and oxygen atoms in total. The lowest BCUT2D eigenvalue weighted by Gasteiger charge is -2.10. The third-order valence-corrected chi connectivity index (χ3v) is 3.31. The molecule has 2 aromatic rings. The highest BCUT2D eigenvalue weighted by molar-refractivity contribution is 5.95. The fourth-order valence-corrected chi connectivity index (χ4v) is 2.22. The van der Waals surface area contributed by atoms with Gasteiger partial charge in [-0.25, -0.2) is 4.39 Å². The van der Waals surface area contributed by atoms with Crippen LogP contribution in [0, 0.1) is 5.82 Å². The predicted molar refractivity (Wildman–Crippen MR) is 81.6 cm³/mol. The zero-order valence-electron chi connectivity index (χ0n) is 11.8. The van der Waals surface area contributed by atoms with E-state index in [0.717, 1.165) is 5.56 Å². The number of nitrogens with two attached hydrogens (primary N) is 1. The predicted octanol–water partition coefficient (Wildman–Crippen LogP) is 2.30. The number of hydrogen-bond acceptors (Lipinski definition) is 2. The monoisotopic (exact) mass is 286 g/mol. The molecule has 0 spiro atoms. The van der Waals surface area contributed by atoms with E-state index in [-0.39, 0.29) is 11.7 Å². The summed E-state index contributed by atoms with van der Waals surface area (Å²) >= 11 is 0. The molecule has 0 bridgehead atoms. The summed E-state index contributed by atoms with van der Waals surface area (Å²) in [5.41, 5.74) is 7.72. The van der Waals surface area contributed by atoms with E-state index in [1.807, 2.05) is 18.2 Å². The second-order valence-corrected chi connectivity index (χ2v) is 4.79. The minimum absolute atomic E-state index is 0.143. The molecular formula is C17H19FN2O. The molecule has 0 radical (unpaired) electrons. The number of halogens is 1. The van der Waals surface area contributed by atoms with Crippen molar-refractivity contribution in [1.82, 2.24) is 5.32 Å². The van der Waals surface area contributed by atoms with Crippen molar-refractivity contribution in [1.29, 1.82) is 0 Å². The van der Waals surface area contributed by atoms with E-state index in [4.69, 9.17) is 5.73 Å². The van der Waals surface area contributed by atoms with E-state index in [0.29, 0.717) is 37.1 Å². The topological polar surface area (TPSA) is 55.1 Å². The molecule has 0 fully saturated rings. The Balaban J connectivity index is 1.95. The Bertz CT molecular complexity index is 613. The molecule has 0 aliphatic heterocycles. The van der Waals surface area contributed by atoms with Crippen molar-refractivity contribution < 1.29 is 9.18 Å². The molecule has 110 valence electrons. The largest absolute Gasteiger partial charge is 0.352 e. The first-order valence-electron chi connectivity index (χ1n) is 7.02. The van der Waals surface area contributed by atoms with Crippen molar-refractivity contribution in [2.75, 3.05) is 13.1 Å². The standard InChI is InChI=1S/C17H19FN2O/c18-16-8-4-2-6-14(16)10-12-20-17(21)15-7-3-1-5-13(15)9-11-19/h1-8H,9-12,19H2,(H,20,21). The minimum atomic E-state index is -0.240. The summed E-state index contributed by atoms with van der Waals surface area (Å²) in [5.74, 6) is -0.384. The molecule has 3 N–H and O–H groups in total. The molecule has 0 saturated heterocycles. The van der Waals surface area contributed by atoms with Crippen molar-refractivity contribution in [2.45, 2.75) is 12.8 Å². The van der Waals surface area contributed by atoms with E-state index < -0.39 is 0 Å². The van der Waals surface area contributed by atoms with Gasteiger partial charge in [-0.2, -0.15) is 0 Å². The average Bonchev–Trinajstić information content (AvgIpc) is 2.50. The Hall–Kier alpha value is -2.20. The van der Waals surface area contributed by atoms with Crippen LogP contribution in [0.3, 0.4) is 0 Å². The number of nitrogens with one attached hydrogen (secondary N) is 1. The second-order valence-electron chi connectivity index (χ2n) is 4.79. The maximum absolute atomic E-state index is 13.5. The van der Waals surface area contributed by atoms with Crippen LogP contribution in [0.5, 0.6) is 0 Å². The summed E-state index contributed by atoms with van der Waals surface area (Å²) < 4.78 is 13.5. The van der Waals surface area contributed by atoms with Crippen molar-refractivity contribution in [3.63, 3.8) is 0 Å². The first kappa shape index (κ1) is 15.2. The van der Waals surface area contributed by atoms with E-state index in [9.17, 15) is 9.18 Å². The van der Waals surface area contributed by atoms with Gasteiger partial charge in [0.2, 0.25) is 0 Å². The second kappa shape index (κ2) is 7.55. The fraction of sp³-hybridized carbons (Fsp3) is 0.235. The summed E-state index contributed by atoms with van der Waals surface area (Å²) in [6.07, 6.45) is 1.13. The Morgan fingerprint density at radius 2 is 1.67 bits per heavy atom. The van der Waals surface area contributed by atoms with Crippen molar-refractivity contribution in [2.24, 2.45) is 5.73 Å². The Morgan fingerprint density at radius 1 is 1.00 bits per heavy atom. The van der Waals surface area contributed by atoms with Gasteiger partial charge in [0.05, 0.1) is 0 Å². The zero-order chi connectivity index (χ0) is 15.1. The molecule has 0 atom stereocenters. The normalized spacial score (nSPS) is 10.4. The molecule has 0 aromatic heterocycles. The molecule has 0 unspecified atom stereocenters. The van der Waals surface area contributed by atoms with Crippen LogP contribution in [-0.2, 0) is 12.8 Å². The van der Waals surface area contributed by atoms with Gasteiger partial charge in [0.25, 0.3) is 5.91 Å². The van der Waals surface area contributed by atoms with Gasteiger partial charge in [-0.3, -0.25) is 4.79 Å². The highest BCUT2D eigenvalue weighted by atomic mass is 19.1. The number of benzene rings is 2. The molecule has 0 aliphatic rings. The van der Waals surface area contributed by atoms with E-state index in [1.54, 1.807) is 24.3 Å². The zero-order valence-corrected chi connectivity index (χ0v) is 11.8. The number of carbonyl (C=O) groups excluding carboxylic acids is 1.